The molecule has 0 saturated heterocycles. The molecule has 0 aliphatic heterocycles. The van der Waals surface area contributed by atoms with Gasteiger partial charge < -0.3 is 5.32 Å². The molecule has 4 heteroatoms. The van der Waals surface area contributed by atoms with E-state index in [1.54, 1.807) is 23.5 Å². The van der Waals surface area contributed by atoms with Crippen molar-refractivity contribution in [3.8, 4) is 11.3 Å². The molecule has 0 amide bonds. The van der Waals surface area contributed by atoms with Crippen LogP contribution in [-0.2, 0) is 0 Å². The molecule has 1 aromatic carbocycles. The Bertz CT molecular complexity index is 503. The molecule has 17 heavy (non-hydrogen) atoms. The summed E-state index contributed by atoms with van der Waals surface area (Å²) in [4.78, 5) is 5.67. The van der Waals surface area contributed by atoms with E-state index in [0.29, 0.717) is 6.04 Å². The van der Waals surface area contributed by atoms with E-state index < -0.39 is 0 Å². The van der Waals surface area contributed by atoms with Gasteiger partial charge in [0.25, 0.3) is 0 Å². The van der Waals surface area contributed by atoms with Gasteiger partial charge >= 0.3 is 0 Å². The number of hydrogen-bond acceptors (Lipinski definition) is 3. The van der Waals surface area contributed by atoms with Crippen LogP contribution >= 0.6 is 11.3 Å². The minimum absolute atomic E-state index is 0.220. The molecule has 0 atom stereocenters. The van der Waals surface area contributed by atoms with E-state index in [2.05, 4.69) is 24.1 Å². The van der Waals surface area contributed by atoms with E-state index in [9.17, 15) is 4.39 Å². The highest BCUT2D eigenvalue weighted by molar-refractivity contribution is 7.16. The maximum Gasteiger partial charge on any atom is 0.183 e. The molecule has 1 heterocycles. The normalized spacial score (nSPS) is 10.9. The van der Waals surface area contributed by atoms with Crippen molar-refractivity contribution in [2.75, 3.05) is 5.32 Å². The Labute approximate surface area is 105 Å². The summed E-state index contributed by atoms with van der Waals surface area (Å²) >= 11 is 1.63. The lowest BCUT2D eigenvalue weighted by Crippen LogP contribution is -2.08. The van der Waals surface area contributed by atoms with E-state index in [4.69, 9.17) is 0 Å². The maximum absolute atomic E-state index is 12.9. The number of nitrogens with zero attached hydrogens (tertiary/aromatic N) is 1. The average Bonchev–Trinajstić information content (AvgIpc) is 2.59. The lowest BCUT2D eigenvalue weighted by Gasteiger charge is -2.04. The number of anilines is 1. The summed E-state index contributed by atoms with van der Waals surface area (Å²) in [5.74, 6) is -0.220. The Morgan fingerprint density at radius 1 is 1.24 bits per heavy atom. The molecule has 90 valence electrons. The molecule has 0 aliphatic carbocycles. The van der Waals surface area contributed by atoms with Crippen LogP contribution < -0.4 is 5.32 Å². The van der Waals surface area contributed by atoms with Crippen molar-refractivity contribution < 1.29 is 4.39 Å². The van der Waals surface area contributed by atoms with E-state index in [0.717, 1.165) is 21.3 Å². The molecule has 2 rings (SSSR count). The van der Waals surface area contributed by atoms with E-state index in [-0.39, 0.29) is 5.82 Å². The molecule has 0 spiro atoms. The highest BCUT2D eigenvalue weighted by atomic mass is 32.1. The van der Waals surface area contributed by atoms with Crippen molar-refractivity contribution in [2.45, 2.75) is 26.8 Å². The fourth-order valence-electron chi connectivity index (χ4n) is 1.58. The number of aromatic nitrogens is 1. The molecule has 0 radical (unpaired) electrons. The lowest BCUT2D eigenvalue weighted by atomic mass is 10.1. The van der Waals surface area contributed by atoms with Gasteiger partial charge in [-0.15, -0.1) is 11.3 Å². The smallest absolute Gasteiger partial charge is 0.183 e. The summed E-state index contributed by atoms with van der Waals surface area (Å²) in [5, 5.41) is 4.19. The molecule has 0 unspecified atom stereocenters. The van der Waals surface area contributed by atoms with Gasteiger partial charge in [-0.2, -0.15) is 0 Å². The Morgan fingerprint density at radius 3 is 2.47 bits per heavy atom. The minimum Gasteiger partial charge on any atom is -0.359 e. The molecule has 2 aromatic rings. The predicted octanol–water partition coefficient (Wildman–Crippen LogP) is 4.08. The van der Waals surface area contributed by atoms with Crippen LogP contribution in [0.4, 0.5) is 9.52 Å². The van der Waals surface area contributed by atoms with Crippen LogP contribution in [0.2, 0.25) is 0 Å². The molecular weight excluding hydrogens is 235 g/mol. The standard InChI is InChI=1S/C13H15FN2S/c1-8(2)15-13-16-12(9(3)17-13)10-4-6-11(14)7-5-10/h4-8H,1-3H3,(H,15,16). The van der Waals surface area contributed by atoms with Crippen molar-refractivity contribution in [1.29, 1.82) is 0 Å². The molecular formula is C13H15FN2S. The third-order valence-electron chi connectivity index (χ3n) is 2.33. The van der Waals surface area contributed by atoms with Crippen LogP contribution in [0.1, 0.15) is 18.7 Å². The first-order valence-electron chi connectivity index (χ1n) is 5.56. The van der Waals surface area contributed by atoms with Crippen LogP contribution in [0.3, 0.4) is 0 Å². The molecule has 1 aromatic heterocycles. The summed E-state index contributed by atoms with van der Waals surface area (Å²) in [6.45, 7) is 6.18. The first-order valence-corrected chi connectivity index (χ1v) is 6.38. The Kier molecular flexibility index (Phi) is 3.43. The number of thiazole rings is 1. The van der Waals surface area contributed by atoms with Crippen molar-refractivity contribution in [3.63, 3.8) is 0 Å². The van der Waals surface area contributed by atoms with Gasteiger partial charge in [0.15, 0.2) is 5.13 Å². The molecule has 0 bridgehead atoms. The first kappa shape index (κ1) is 12.0. The zero-order chi connectivity index (χ0) is 12.4. The molecule has 0 saturated carbocycles. The van der Waals surface area contributed by atoms with Gasteiger partial charge in [0, 0.05) is 16.5 Å². The van der Waals surface area contributed by atoms with Crippen molar-refractivity contribution in [3.05, 3.63) is 35.0 Å². The zero-order valence-electron chi connectivity index (χ0n) is 10.1. The van der Waals surface area contributed by atoms with Gasteiger partial charge in [-0.3, -0.25) is 0 Å². The summed E-state index contributed by atoms with van der Waals surface area (Å²) in [7, 11) is 0. The number of hydrogen-bond donors (Lipinski definition) is 1. The number of aryl methyl sites for hydroxylation is 1. The second-order valence-electron chi connectivity index (χ2n) is 4.23. The van der Waals surface area contributed by atoms with Crippen molar-refractivity contribution in [2.24, 2.45) is 0 Å². The fourth-order valence-corrected chi connectivity index (χ4v) is 2.56. The SMILES string of the molecule is Cc1sc(NC(C)C)nc1-c1ccc(F)cc1. The third kappa shape index (κ3) is 2.82. The molecule has 2 nitrogen and oxygen atoms in total. The Hall–Kier alpha value is -1.42. The number of rotatable bonds is 3. The van der Waals surface area contributed by atoms with Gasteiger partial charge in [0.05, 0.1) is 5.69 Å². The zero-order valence-corrected chi connectivity index (χ0v) is 10.9. The van der Waals surface area contributed by atoms with Crippen LogP contribution in [0, 0.1) is 12.7 Å². The highest BCUT2D eigenvalue weighted by Gasteiger charge is 2.10. The lowest BCUT2D eigenvalue weighted by molar-refractivity contribution is 0.628. The van der Waals surface area contributed by atoms with E-state index in [1.807, 2.05) is 6.92 Å². The second kappa shape index (κ2) is 4.84. The molecule has 0 aliphatic rings. The maximum atomic E-state index is 12.9. The van der Waals surface area contributed by atoms with Gasteiger partial charge in [-0.1, -0.05) is 0 Å². The average molecular weight is 250 g/mol. The van der Waals surface area contributed by atoms with Crippen LogP contribution in [-0.4, -0.2) is 11.0 Å². The molecule has 1 N–H and O–H groups in total. The third-order valence-corrected chi connectivity index (χ3v) is 3.23. The minimum atomic E-state index is -0.220. The molecule has 0 fully saturated rings. The van der Waals surface area contributed by atoms with E-state index in [1.165, 1.54) is 12.1 Å². The fraction of sp³-hybridized carbons (Fsp3) is 0.308. The second-order valence-corrected chi connectivity index (χ2v) is 5.43. The predicted molar refractivity (Wildman–Crippen MR) is 71.0 cm³/mol. The summed E-state index contributed by atoms with van der Waals surface area (Å²) < 4.78 is 12.9. The highest BCUT2D eigenvalue weighted by Crippen LogP contribution is 2.30. The van der Waals surface area contributed by atoms with Gasteiger partial charge in [0.2, 0.25) is 0 Å². The van der Waals surface area contributed by atoms with Crippen molar-refractivity contribution >= 4 is 16.5 Å². The van der Waals surface area contributed by atoms with Crippen LogP contribution in [0.25, 0.3) is 11.3 Å². The largest absolute Gasteiger partial charge is 0.359 e. The summed E-state index contributed by atoms with van der Waals surface area (Å²) in [6.07, 6.45) is 0. The van der Waals surface area contributed by atoms with Gasteiger partial charge in [-0.05, 0) is 45.0 Å². The number of nitrogens with one attached hydrogen (secondary N) is 1. The number of benzene rings is 1. The van der Waals surface area contributed by atoms with E-state index >= 15 is 0 Å². The summed E-state index contributed by atoms with van der Waals surface area (Å²) in [6, 6.07) is 6.81. The quantitative estimate of drug-likeness (QED) is 0.888. The Balaban J connectivity index is 2.32. The van der Waals surface area contributed by atoms with Crippen LogP contribution in [0.15, 0.2) is 24.3 Å². The number of halogens is 1. The topological polar surface area (TPSA) is 24.9 Å². The monoisotopic (exact) mass is 250 g/mol. The summed E-state index contributed by atoms with van der Waals surface area (Å²) in [5.41, 5.74) is 1.88. The van der Waals surface area contributed by atoms with Gasteiger partial charge in [-0.25, -0.2) is 9.37 Å². The van der Waals surface area contributed by atoms with Crippen molar-refractivity contribution in [1.82, 2.24) is 4.98 Å². The Morgan fingerprint density at radius 2 is 1.88 bits per heavy atom. The van der Waals surface area contributed by atoms with Gasteiger partial charge in [0.1, 0.15) is 5.82 Å². The first-order chi connectivity index (χ1) is 8.06. The van der Waals surface area contributed by atoms with Crippen LogP contribution in [0.5, 0.6) is 0 Å².